The molecule has 0 fully saturated rings. The van der Waals surface area contributed by atoms with E-state index in [-0.39, 0.29) is 5.97 Å². The summed E-state index contributed by atoms with van der Waals surface area (Å²) in [6, 6.07) is 29.2. The Morgan fingerprint density at radius 2 is 1.71 bits per heavy atom. The molecule has 0 saturated heterocycles. The van der Waals surface area contributed by atoms with Crippen molar-refractivity contribution in [2.75, 3.05) is 25.1 Å². The van der Waals surface area contributed by atoms with E-state index in [1.54, 1.807) is 0 Å². The molecule has 0 radical (unpaired) electrons. The van der Waals surface area contributed by atoms with Gasteiger partial charge in [0, 0.05) is 56.6 Å². The number of para-hydroxylation sites is 1. The van der Waals surface area contributed by atoms with Gasteiger partial charge in [-0.2, -0.15) is 5.10 Å². The molecule has 0 unspecified atom stereocenters. The van der Waals surface area contributed by atoms with Crippen LogP contribution in [-0.2, 0) is 30.1 Å². The Kier molecular flexibility index (Phi) is 11.1. The molecular formula is C39H40BrIN4O3. The predicted octanol–water partition coefficient (Wildman–Crippen LogP) is 9.69. The van der Waals surface area contributed by atoms with Crippen LogP contribution in [0.1, 0.15) is 47.2 Å². The number of carbonyl (C=O) groups is 1. The second-order valence-electron chi connectivity index (χ2n) is 11.8. The first-order valence-electron chi connectivity index (χ1n) is 16.4. The average Bonchev–Trinajstić information content (AvgIpc) is 3.57. The third-order valence-electron chi connectivity index (χ3n) is 8.70. The van der Waals surface area contributed by atoms with Crippen LogP contribution in [0.15, 0.2) is 84.9 Å². The summed E-state index contributed by atoms with van der Waals surface area (Å²) in [5, 5.41) is 12.3. The van der Waals surface area contributed by atoms with E-state index in [0.29, 0.717) is 37.2 Å². The van der Waals surface area contributed by atoms with Gasteiger partial charge in [0.1, 0.15) is 11.4 Å². The number of aromatic nitrogens is 3. The minimum absolute atomic E-state index is 0.293. The molecule has 48 heavy (non-hydrogen) atoms. The van der Waals surface area contributed by atoms with Crippen LogP contribution in [-0.4, -0.2) is 40.1 Å². The second-order valence-corrected chi connectivity index (χ2v) is 13.6. The van der Waals surface area contributed by atoms with Crippen LogP contribution in [0.5, 0.6) is 5.75 Å². The van der Waals surface area contributed by atoms with Crippen LogP contribution in [0.4, 0.5) is 5.69 Å². The SMILES string of the molecule is CCOC(=O)c1c(CCCOc2cccc3ccccc23)c2cccc(-c3c(C)nn(C)c3CBr)c2n1CCCNc1ccc(I)cc1. The lowest BCUT2D eigenvalue weighted by molar-refractivity contribution is 0.0512. The van der Waals surface area contributed by atoms with Crippen LogP contribution in [0.25, 0.3) is 32.8 Å². The fourth-order valence-electron chi connectivity index (χ4n) is 6.59. The van der Waals surface area contributed by atoms with Crippen LogP contribution in [0.3, 0.4) is 0 Å². The molecule has 0 amide bonds. The van der Waals surface area contributed by atoms with Crippen LogP contribution >= 0.6 is 38.5 Å². The summed E-state index contributed by atoms with van der Waals surface area (Å²) in [4.78, 5) is 13.9. The first-order chi connectivity index (χ1) is 23.4. The van der Waals surface area contributed by atoms with E-state index in [2.05, 4.69) is 116 Å². The maximum absolute atomic E-state index is 13.9. The zero-order chi connectivity index (χ0) is 33.6. The number of aryl methyl sites for hydroxylation is 4. The van der Waals surface area contributed by atoms with Gasteiger partial charge < -0.3 is 19.4 Å². The highest BCUT2D eigenvalue weighted by Crippen LogP contribution is 2.39. The second kappa shape index (κ2) is 15.6. The molecule has 0 aliphatic heterocycles. The first kappa shape index (κ1) is 34.0. The van der Waals surface area contributed by atoms with Gasteiger partial charge in [0.2, 0.25) is 0 Å². The number of nitrogens with zero attached hydrogens (tertiary/aromatic N) is 3. The Morgan fingerprint density at radius 3 is 2.50 bits per heavy atom. The number of halogens is 2. The van der Waals surface area contributed by atoms with Crippen molar-refractivity contribution in [3.05, 3.63) is 111 Å². The third kappa shape index (κ3) is 7.12. The minimum atomic E-state index is -0.293. The van der Waals surface area contributed by atoms with E-state index in [1.807, 2.05) is 42.9 Å². The number of ether oxygens (including phenoxy) is 2. The zero-order valence-electron chi connectivity index (χ0n) is 27.6. The lowest BCUT2D eigenvalue weighted by atomic mass is 9.98. The Balaban J connectivity index is 1.37. The Labute approximate surface area is 303 Å². The topological polar surface area (TPSA) is 70.3 Å². The smallest absolute Gasteiger partial charge is 0.355 e. The average molecular weight is 820 g/mol. The number of hydrogen-bond donors (Lipinski definition) is 1. The molecule has 1 N–H and O–H groups in total. The molecule has 9 heteroatoms. The summed E-state index contributed by atoms with van der Waals surface area (Å²) in [7, 11) is 1.98. The maximum atomic E-state index is 13.9. The van der Waals surface area contributed by atoms with Gasteiger partial charge in [0.05, 0.1) is 30.1 Å². The van der Waals surface area contributed by atoms with Crippen molar-refractivity contribution in [1.29, 1.82) is 0 Å². The molecule has 6 aromatic rings. The zero-order valence-corrected chi connectivity index (χ0v) is 31.3. The normalized spacial score (nSPS) is 11.4. The lowest BCUT2D eigenvalue weighted by Gasteiger charge is -2.15. The van der Waals surface area contributed by atoms with Gasteiger partial charge in [-0.1, -0.05) is 70.5 Å². The highest BCUT2D eigenvalue weighted by Gasteiger charge is 2.27. The van der Waals surface area contributed by atoms with E-state index in [9.17, 15) is 4.79 Å². The molecule has 4 aromatic carbocycles. The standard InChI is InChI=1S/C39H40BrIN4O3/c1-4-47-39(46)38-32(16-9-24-48-35-17-7-12-27-11-5-6-13-30(27)35)31-14-8-15-33(36-26(2)43-44(3)34(36)25-40)37(31)45(38)23-10-22-42-29-20-18-28(41)19-21-29/h5-8,11-15,17-21,42H,4,9-10,16,22-25H2,1-3H3. The Hall–Kier alpha value is -3.83. The molecule has 0 spiro atoms. The largest absolute Gasteiger partial charge is 0.493 e. The molecular weight excluding hydrogens is 779 g/mol. The van der Waals surface area contributed by atoms with Gasteiger partial charge in [-0.15, -0.1) is 0 Å². The molecule has 2 aromatic heterocycles. The Morgan fingerprint density at radius 1 is 0.958 bits per heavy atom. The molecule has 0 bridgehead atoms. The van der Waals surface area contributed by atoms with E-state index in [0.717, 1.165) is 80.6 Å². The van der Waals surface area contributed by atoms with Gasteiger partial charge >= 0.3 is 5.97 Å². The minimum Gasteiger partial charge on any atom is -0.493 e. The number of fused-ring (bicyclic) bond motifs is 2. The monoisotopic (exact) mass is 818 g/mol. The summed E-state index contributed by atoms with van der Waals surface area (Å²) in [5.74, 6) is 0.581. The predicted molar refractivity (Wildman–Crippen MR) is 207 cm³/mol. The fourth-order valence-corrected chi connectivity index (χ4v) is 7.59. The van der Waals surface area contributed by atoms with Crippen LogP contribution < -0.4 is 10.1 Å². The van der Waals surface area contributed by atoms with Crippen molar-refractivity contribution < 1.29 is 14.3 Å². The number of esters is 1. The van der Waals surface area contributed by atoms with Crippen molar-refractivity contribution in [2.24, 2.45) is 7.05 Å². The molecule has 0 saturated carbocycles. The van der Waals surface area contributed by atoms with Gasteiger partial charge in [0.25, 0.3) is 0 Å². The number of benzene rings is 4. The fraction of sp³-hybridized carbons (Fsp3) is 0.282. The van der Waals surface area contributed by atoms with E-state index in [1.165, 1.54) is 3.57 Å². The van der Waals surface area contributed by atoms with Crippen molar-refractivity contribution in [1.82, 2.24) is 14.3 Å². The van der Waals surface area contributed by atoms with Crippen molar-refractivity contribution in [3.8, 4) is 16.9 Å². The highest BCUT2D eigenvalue weighted by atomic mass is 127. The first-order valence-corrected chi connectivity index (χ1v) is 18.6. The summed E-state index contributed by atoms with van der Waals surface area (Å²) in [5.41, 5.74) is 7.96. The number of hydrogen-bond acceptors (Lipinski definition) is 5. The maximum Gasteiger partial charge on any atom is 0.355 e. The van der Waals surface area contributed by atoms with Crippen LogP contribution in [0, 0.1) is 10.5 Å². The van der Waals surface area contributed by atoms with Crippen molar-refractivity contribution in [2.45, 2.75) is 45.0 Å². The van der Waals surface area contributed by atoms with Gasteiger partial charge in [0.15, 0.2) is 0 Å². The third-order valence-corrected chi connectivity index (χ3v) is 9.95. The van der Waals surface area contributed by atoms with Crippen LogP contribution in [0.2, 0.25) is 0 Å². The molecule has 6 rings (SSSR count). The van der Waals surface area contributed by atoms with E-state index in [4.69, 9.17) is 14.6 Å². The molecule has 2 heterocycles. The number of anilines is 1. The van der Waals surface area contributed by atoms with Gasteiger partial charge in [-0.3, -0.25) is 4.68 Å². The molecule has 0 aliphatic carbocycles. The Bertz CT molecular complexity index is 2050. The van der Waals surface area contributed by atoms with Gasteiger partial charge in [-0.05, 0) is 97.0 Å². The van der Waals surface area contributed by atoms with Crippen molar-refractivity contribution >= 4 is 71.9 Å². The molecule has 248 valence electrons. The number of alkyl halides is 1. The number of carbonyl (C=O) groups excluding carboxylic acids is 1. The molecule has 7 nitrogen and oxygen atoms in total. The van der Waals surface area contributed by atoms with Gasteiger partial charge in [-0.25, -0.2) is 4.79 Å². The summed E-state index contributed by atoms with van der Waals surface area (Å²) in [6.45, 7) is 6.15. The number of nitrogens with one attached hydrogen (secondary N) is 1. The molecule has 0 atom stereocenters. The molecule has 0 aliphatic rings. The summed E-state index contributed by atoms with van der Waals surface area (Å²) in [6.07, 6.45) is 2.23. The quantitative estimate of drug-likeness (QED) is 0.0514. The van der Waals surface area contributed by atoms with Crippen molar-refractivity contribution in [3.63, 3.8) is 0 Å². The summed E-state index contributed by atoms with van der Waals surface area (Å²) < 4.78 is 17.4. The lowest BCUT2D eigenvalue weighted by Crippen LogP contribution is -2.16. The summed E-state index contributed by atoms with van der Waals surface area (Å²) >= 11 is 6.02. The van der Waals surface area contributed by atoms with E-state index >= 15 is 0 Å². The number of rotatable bonds is 14. The van der Waals surface area contributed by atoms with E-state index < -0.39 is 0 Å². The highest BCUT2D eigenvalue weighted by molar-refractivity contribution is 14.1.